The molecule has 0 aromatic rings. The lowest BCUT2D eigenvalue weighted by atomic mass is 9.86. The molecule has 1 atom stereocenters. The fraction of sp³-hybridized carbons (Fsp3) is 1.00. The van der Waals surface area contributed by atoms with Gasteiger partial charge in [-0.25, -0.2) is 8.78 Å². The molecule has 5 heteroatoms. The summed E-state index contributed by atoms with van der Waals surface area (Å²) >= 11 is 0. The Hall–Kier alpha value is 0.0700. The fourth-order valence-corrected chi connectivity index (χ4v) is 3.77. The number of nitrogens with one attached hydrogen (secondary N) is 1. The Labute approximate surface area is 133 Å². The average Bonchev–Trinajstić information content (AvgIpc) is 3.21. The predicted molar refractivity (Wildman–Crippen MR) is 84.3 cm³/mol. The lowest BCUT2D eigenvalue weighted by Crippen LogP contribution is -2.45. The second-order valence-corrected chi connectivity index (χ2v) is 7.24. The summed E-state index contributed by atoms with van der Waals surface area (Å²) in [4.78, 5) is 2.42. The van der Waals surface area contributed by atoms with Crippen molar-refractivity contribution in [1.82, 2.24) is 10.2 Å². The summed E-state index contributed by atoms with van der Waals surface area (Å²) in [6.45, 7) is 4.26. The molecule has 124 valence electrons. The van der Waals surface area contributed by atoms with E-state index in [0.29, 0.717) is 12.5 Å². The van der Waals surface area contributed by atoms with Gasteiger partial charge in [0.2, 0.25) is 5.92 Å². The zero-order valence-electron chi connectivity index (χ0n) is 12.8. The number of alkyl halides is 2. The number of likely N-dealkylation sites (tertiary alicyclic amines) is 1. The van der Waals surface area contributed by atoms with Crippen LogP contribution in [-0.2, 0) is 0 Å². The van der Waals surface area contributed by atoms with Crippen molar-refractivity contribution >= 4 is 12.4 Å². The summed E-state index contributed by atoms with van der Waals surface area (Å²) in [5, 5.41) is 3.67. The van der Waals surface area contributed by atoms with Crippen molar-refractivity contribution in [3.63, 3.8) is 0 Å². The van der Waals surface area contributed by atoms with Crippen LogP contribution in [0.1, 0.15) is 51.4 Å². The molecule has 3 aliphatic rings. The van der Waals surface area contributed by atoms with Crippen molar-refractivity contribution in [3.8, 4) is 0 Å². The molecule has 0 radical (unpaired) electrons. The SMILES string of the molecule is Cl.FC1(F)CCCC(CN2CCC(NCC3CC3)CC2)C1. The topological polar surface area (TPSA) is 15.3 Å². The lowest BCUT2D eigenvalue weighted by molar-refractivity contribution is -0.0577. The predicted octanol–water partition coefficient (Wildman–Crippen LogP) is 3.70. The summed E-state index contributed by atoms with van der Waals surface area (Å²) in [6.07, 6.45) is 7.12. The maximum absolute atomic E-state index is 13.4. The molecular weight excluding hydrogens is 294 g/mol. The van der Waals surface area contributed by atoms with Gasteiger partial charge in [0.25, 0.3) is 0 Å². The molecule has 0 amide bonds. The third kappa shape index (κ3) is 5.65. The third-order valence-electron chi connectivity index (χ3n) is 5.24. The van der Waals surface area contributed by atoms with Crippen LogP contribution < -0.4 is 5.32 Å². The standard InChI is InChI=1S/C16H28F2N2.ClH/c17-16(18)7-1-2-14(10-16)12-20-8-5-15(6-9-20)19-11-13-3-4-13;/h13-15,19H,1-12H2;1H. The maximum atomic E-state index is 13.4. The van der Waals surface area contributed by atoms with E-state index in [1.807, 2.05) is 0 Å². The Morgan fingerprint density at radius 2 is 1.71 bits per heavy atom. The molecule has 0 bridgehead atoms. The summed E-state index contributed by atoms with van der Waals surface area (Å²) in [5.74, 6) is -1.24. The minimum atomic E-state index is -2.40. The Kier molecular flexibility index (Phi) is 6.27. The highest BCUT2D eigenvalue weighted by Gasteiger charge is 2.37. The fourth-order valence-electron chi connectivity index (χ4n) is 3.77. The van der Waals surface area contributed by atoms with Gasteiger partial charge in [-0.15, -0.1) is 12.4 Å². The van der Waals surface area contributed by atoms with Crippen molar-refractivity contribution < 1.29 is 8.78 Å². The largest absolute Gasteiger partial charge is 0.314 e. The summed E-state index contributed by atoms with van der Waals surface area (Å²) < 4.78 is 26.8. The van der Waals surface area contributed by atoms with Crippen molar-refractivity contribution in [2.45, 2.75) is 63.3 Å². The molecule has 1 aliphatic heterocycles. The Morgan fingerprint density at radius 3 is 2.33 bits per heavy atom. The second-order valence-electron chi connectivity index (χ2n) is 7.24. The molecule has 2 aliphatic carbocycles. The smallest absolute Gasteiger partial charge is 0.248 e. The van der Waals surface area contributed by atoms with E-state index in [9.17, 15) is 8.78 Å². The molecule has 0 spiro atoms. The van der Waals surface area contributed by atoms with Gasteiger partial charge in [-0.2, -0.15) is 0 Å². The lowest BCUT2D eigenvalue weighted by Gasteiger charge is -2.37. The van der Waals surface area contributed by atoms with Crippen LogP contribution in [0.25, 0.3) is 0 Å². The molecule has 1 N–H and O–H groups in total. The van der Waals surface area contributed by atoms with Crippen LogP contribution >= 0.6 is 12.4 Å². The van der Waals surface area contributed by atoms with Gasteiger partial charge in [0.1, 0.15) is 0 Å². The minimum Gasteiger partial charge on any atom is -0.314 e. The first-order valence-corrected chi connectivity index (χ1v) is 8.44. The van der Waals surface area contributed by atoms with E-state index in [0.717, 1.165) is 32.0 Å². The van der Waals surface area contributed by atoms with Crippen LogP contribution in [0.15, 0.2) is 0 Å². The van der Waals surface area contributed by atoms with Crippen LogP contribution in [0.4, 0.5) is 8.78 Å². The summed E-state index contributed by atoms with van der Waals surface area (Å²) in [7, 11) is 0. The van der Waals surface area contributed by atoms with Crippen molar-refractivity contribution in [1.29, 1.82) is 0 Å². The van der Waals surface area contributed by atoms with Crippen molar-refractivity contribution in [2.24, 2.45) is 11.8 Å². The van der Waals surface area contributed by atoms with E-state index >= 15 is 0 Å². The number of piperidine rings is 1. The minimum absolute atomic E-state index is 0. The van der Waals surface area contributed by atoms with Crippen LogP contribution in [0.3, 0.4) is 0 Å². The Bertz CT molecular complexity index is 315. The van der Waals surface area contributed by atoms with Gasteiger partial charge in [-0.05, 0) is 70.0 Å². The molecule has 1 saturated heterocycles. The molecule has 2 nitrogen and oxygen atoms in total. The summed E-state index contributed by atoms with van der Waals surface area (Å²) in [6, 6.07) is 0.666. The van der Waals surface area contributed by atoms with E-state index in [1.165, 1.54) is 32.2 Å². The zero-order valence-corrected chi connectivity index (χ0v) is 13.6. The molecule has 1 unspecified atom stereocenters. The first-order valence-electron chi connectivity index (χ1n) is 8.44. The maximum Gasteiger partial charge on any atom is 0.248 e. The molecule has 0 aromatic heterocycles. The summed E-state index contributed by atoms with van der Waals surface area (Å²) in [5.41, 5.74) is 0. The first-order chi connectivity index (χ1) is 9.61. The van der Waals surface area contributed by atoms with E-state index < -0.39 is 5.92 Å². The van der Waals surface area contributed by atoms with E-state index in [4.69, 9.17) is 0 Å². The monoisotopic (exact) mass is 322 g/mol. The van der Waals surface area contributed by atoms with Crippen molar-refractivity contribution in [2.75, 3.05) is 26.2 Å². The molecule has 2 saturated carbocycles. The van der Waals surface area contributed by atoms with Crippen LogP contribution in [-0.4, -0.2) is 43.0 Å². The Morgan fingerprint density at radius 1 is 1.00 bits per heavy atom. The highest BCUT2D eigenvalue weighted by molar-refractivity contribution is 5.85. The van der Waals surface area contributed by atoms with Gasteiger partial charge in [-0.3, -0.25) is 0 Å². The normalized spacial score (nSPS) is 30.9. The van der Waals surface area contributed by atoms with E-state index in [-0.39, 0.29) is 31.2 Å². The van der Waals surface area contributed by atoms with Gasteiger partial charge in [0.15, 0.2) is 0 Å². The van der Waals surface area contributed by atoms with Gasteiger partial charge >= 0.3 is 0 Å². The molecular formula is C16H29ClF2N2. The van der Waals surface area contributed by atoms with E-state index in [1.54, 1.807) is 0 Å². The highest BCUT2D eigenvalue weighted by atomic mass is 35.5. The van der Waals surface area contributed by atoms with Gasteiger partial charge < -0.3 is 10.2 Å². The van der Waals surface area contributed by atoms with Crippen LogP contribution in [0.5, 0.6) is 0 Å². The van der Waals surface area contributed by atoms with Crippen LogP contribution in [0.2, 0.25) is 0 Å². The second kappa shape index (κ2) is 7.56. The van der Waals surface area contributed by atoms with E-state index in [2.05, 4.69) is 10.2 Å². The number of nitrogens with zero attached hydrogens (tertiary/aromatic N) is 1. The van der Waals surface area contributed by atoms with Gasteiger partial charge in [0.05, 0.1) is 0 Å². The molecule has 1 heterocycles. The molecule has 3 rings (SSSR count). The number of rotatable bonds is 5. The third-order valence-corrected chi connectivity index (χ3v) is 5.24. The van der Waals surface area contributed by atoms with Gasteiger partial charge in [0, 0.05) is 25.4 Å². The molecule has 3 fully saturated rings. The number of hydrogen-bond donors (Lipinski definition) is 1. The number of hydrogen-bond acceptors (Lipinski definition) is 2. The highest BCUT2D eigenvalue weighted by Crippen LogP contribution is 2.37. The first kappa shape index (κ1) is 17.4. The van der Waals surface area contributed by atoms with Crippen LogP contribution in [0, 0.1) is 11.8 Å². The Balaban J connectivity index is 0.00000161. The molecule has 0 aromatic carbocycles. The number of halogens is 3. The quantitative estimate of drug-likeness (QED) is 0.830. The molecule has 21 heavy (non-hydrogen) atoms. The average molecular weight is 323 g/mol. The van der Waals surface area contributed by atoms with Gasteiger partial charge in [-0.1, -0.05) is 0 Å². The van der Waals surface area contributed by atoms with Crippen molar-refractivity contribution in [3.05, 3.63) is 0 Å². The zero-order chi connectivity index (χ0) is 14.0.